The van der Waals surface area contributed by atoms with Crippen molar-refractivity contribution in [3.05, 3.63) is 58.1 Å². The molecule has 1 aromatic carbocycles. The first-order chi connectivity index (χ1) is 8.06. The van der Waals surface area contributed by atoms with E-state index >= 15 is 0 Å². The lowest BCUT2D eigenvalue weighted by Gasteiger charge is -2.04. The summed E-state index contributed by atoms with van der Waals surface area (Å²) in [5.74, 6) is -0.227. The van der Waals surface area contributed by atoms with Gasteiger partial charge in [-0.15, -0.1) is 0 Å². The fraction of sp³-hybridized carbons (Fsp3) is 0.154. The summed E-state index contributed by atoms with van der Waals surface area (Å²) < 4.78 is 15.4. The van der Waals surface area contributed by atoms with E-state index in [4.69, 9.17) is 0 Å². The molecule has 2 nitrogen and oxygen atoms in total. The smallest absolute Gasteiger partial charge is 0.161 e. The summed E-state index contributed by atoms with van der Waals surface area (Å²) in [4.78, 5) is 11.1. The van der Waals surface area contributed by atoms with Crippen molar-refractivity contribution in [2.45, 2.75) is 13.5 Å². The largest absolute Gasteiger partial charge is 0.349 e. The van der Waals surface area contributed by atoms with Crippen molar-refractivity contribution in [3.8, 4) is 0 Å². The van der Waals surface area contributed by atoms with E-state index in [-0.39, 0.29) is 11.6 Å². The fourth-order valence-corrected chi connectivity index (χ4v) is 2.02. The monoisotopic (exact) mass is 295 g/mol. The first-order valence-corrected chi connectivity index (χ1v) is 5.96. The van der Waals surface area contributed by atoms with Gasteiger partial charge in [-0.2, -0.15) is 0 Å². The number of hydrogen-bond donors (Lipinski definition) is 0. The van der Waals surface area contributed by atoms with Crippen molar-refractivity contribution in [2.24, 2.45) is 0 Å². The number of rotatable bonds is 3. The third kappa shape index (κ3) is 2.82. The number of halogens is 2. The Hall–Kier alpha value is -1.42. The van der Waals surface area contributed by atoms with Crippen LogP contribution in [-0.4, -0.2) is 10.4 Å². The maximum absolute atomic E-state index is 13.0. The topological polar surface area (TPSA) is 22.0 Å². The van der Waals surface area contributed by atoms with Crippen molar-refractivity contribution in [2.75, 3.05) is 0 Å². The van der Waals surface area contributed by atoms with Gasteiger partial charge in [0.15, 0.2) is 5.78 Å². The van der Waals surface area contributed by atoms with Gasteiger partial charge >= 0.3 is 0 Å². The van der Waals surface area contributed by atoms with E-state index in [0.717, 1.165) is 5.56 Å². The molecule has 0 atom stereocenters. The standard InChI is InChI=1S/C13H11BrFNO/c1-9(17)11-4-5-16(8-11)7-10-2-3-13(15)12(14)6-10/h2-6,8H,7H2,1H3. The van der Waals surface area contributed by atoms with Crippen LogP contribution in [0.2, 0.25) is 0 Å². The average Bonchev–Trinajstić information content (AvgIpc) is 2.72. The molecule has 0 aliphatic heterocycles. The highest BCUT2D eigenvalue weighted by Crippen LogP contribution is 2.17. The number of Topliss-reactive ketones (excluding diaryl/α,β-unsaturated/α-hetero) is 1. The van der Waals surface area contributed by atoms with Crippen LogP contribution in [0.25, 0.3) is 0 Å². The molecule has 0 saturated carbocycles. The molecule has 1 aromatic heterocycles. The normalized spacial score (nSPS) is 10.5. The maximum atomic E-state index is 13.0. The molecule has 88 valence electrons. The first-order valence-electron chi connectivity index (χ1n) is 5.17. The van der Waals surface area contributed by atoms with Crippen LogP contribution in [0, 0.1) is 5.82 Å². The Morgan fingerprint density at radius 3 is 2.76 bits per heavy atom. The first kappa shape index (κ1) is 12.0. The Morgan fingerprint density at radius 2 is 2.18 bits per heavy atom. The minimum atomic E-state index is -0.273. The summed E-state index contributed by atoms with van der Waals surface area (Å²) in [6.07, 6.45) is 3.63. The number of aromatic nitrogens is 1. The lowest BCUT2D eigenvalue weighted by Crippen LogP contribution is -1.97. The Bertz CT molecular complexity index is 562. The van der Waals surface area contributed by atoms with Crippen molar-refractivity contribution in [3.63, 3.8) is 0 Å². The van der Waals surface area contributed by atoms with E-state index in [1.54, 1.807) is 24.4 Å². The molecule has 17 heavy (non-hydrogen) atoms. The Morgan fingerprint density at radius 1 is 1.41 bits per heavy atom. The highest BCUT2D eigenvalue weighted by atomic mass is 79.9. The van der Waals surface area contributed by atoms with E-state index in [0.29, 0.717) is 16.6 Å². The number of ketones is 1. The molecule has 4 heteroatoms. The van der Waals surface area contributed by atoms with Gasteiger partial charge in [-0.3, -0.25) is 4.79 Å². The summed E-state index contributed by atoms with van der Waals surface area (Å²) in [6, 6.07) is 6.67. The fourth-order valence-electron chi connectivity index (χ4n) is 1.60. The third-order valence-electron chi connectivity index (χ3n) is 2.51. The Balaban J connectivity index is 2.19. The third-order valence-corrected chi connectivity index (χ3v) is 3.11. The number of nitrogens with zero attached hydrogens (tertiary/aromatic N) is 1. The predicted octanol–water partition coefficient (Wildman–Crippen LogP) is 3.64. The molecule has 0 aliphatic rings. The van der Waals surface area contributed by atoms with E-state index < -0.39 is 0 Å². The number of hydrogen-bond acceptors (Lipinski definition) is 1. The molecule has 0 saturated heterocycles. The van der Waals surface area contributed by atoms with Crippen LogP contribution in [0.5, 0.6) is 0 Å². The molecule has 2 rings (SSSR count). The van der Waals surface area contributed by atoms with Crippen LogP contribution in [0.4, 0.5) is 4.39 Å². The molecule has 0 aliphatic carbocycles. The SMILES string of the molecule is CC(=O)c1ccn(Cc2ccc(F)c(Br)c2)c1. The van der Waals surface area contributed by atoms with Crippen LogP contribution < -0.4 is 0 Å². The summed E-state index contributed by atoms with van der Waals surface area (Å²) in [6.45, 7) is 2.15. The molecule has 0 radical (unpaired) electrons. The number of carbonyl (C=O) groups is 1. The molecular formula is C13H11BrFNO. The number of carbonyl (C=O) groups excluding carboxylic acids is 1. The van der Waals surface area contributed by atoms with E-state index in [1.807, 2.05) is 10.8 Å². The van der Waals surface area contributed by atoms with Gasteiger partial charge in [-0.05, 0) is 46.6 Å². The minimum Gasteiger partial charge on any atom is -0.349 e. The highest BCUT2D eigenvalue weighted by molar-refractivity contribution is 9.10. The van der Waals surface area contributed by atoms with Gasteiger partial charge < -0.3 is 4.57 Å². The van der Waals surface area contributed by atoms with Crippen molar-refractivity contribution >= 4 is 21.7 Å². The van der Waals surface area contributed by atoms with Gasteiger partial charge in [0.1, 0.15) is 5.82 Å². The molecule has 0 amide bonds. The molecule has 2 aromatic rings. The van der Waals surface area contributed by atoms with Crippen molar-refractivity contribution in [1.29, 1.82) is 0 Å². The minimum absolute atomic E-state index is 0.0454. The molecule has 0 N–H and O–H groups in total. The average molecular weight is 296 g/mol. The zero-order chi connectivity index (χ0) is 12.4. The number of benzene rings is 1. The lowest BCUT2D eigenvalue weighted by molar-refractivity contribution is 0.101. The van der Waals surface area contributed by atoms with Gasteiger partial charge in [0.05, 0.1) is 4.47 Å². The lowest BCUT2D eigenvalue weighted by atomic mass is 10.2. The van der Waals surface area contributed by atoms with E-state index in [9.17, 15) is 9.18 Å². The molecule has 0 bridgehead atoms. The van der Waals surface area contributed by atoms with Gasteiger partial charge in [-0.1, -0.05) is 6.07 Å². The molecule has 0 spiro atoms. The summed E-state index contributed by atoms with van der Waals surface area (Å²) in [7, 11) is 0. The summed E-state index contributed by atoms with van der Waals surface area (Å²) in [5, 5.41) is 0. The zero-order valence-electron chi connectivity index (χ0n) is 9.28. The van der Waals surface area contributed by atoms with Gasteiger partial charge in [0.25, 0.3) is 0 Å². The second kappa shape index (κ2) is 4.84. The van der Waals surface area contributed by atoms with E-state index in [1.165, 1.54) is 13.0 Å². The molecule has 1 heterocycles. The quantitative estimate of drug-likeness (QED) is 0.793. The Kier molecular flexibility index (Phi) is 3.43. The maximum Gasteiger partial charge on any atom is 0.161 e. The van der Waals surface area contributed by atoms with Gasteiger partial charge in [0, 0.05) is 24.5 Å². The van der Waals surface area contributed by atoms with Crippen molar-refractivity contribution < 1.29 is 9.18 Å². The Labute approximate surface area is 107 Å². The van der Waals surface area contributed by atoms with E-state index in [2.05, 4.69) is 15.9 Å². The second-order valence-corrected chi connectivity index (χ2v) is 4.73. The highest BCUT2D eigenvalue weighted by Gasteiger charge is 2.04. The van der Waals surface area contributed by atoms with Crippen molar-refractivity contribution in [1.82, 2.24) is 4.57 Å². The second-order valence-electron chi connectivity index (χ2n) is 3.88. The summed E-state index contributed by atoms with van der Waals surface area (Å²) in [5.41, 5.74) is 1.66. The van der Waals surface area contributed by atoms with Crippen LogP contribution in [0.1, 0.15) is 22.8 Å². The summed E-state index contributed by atoms with van der Waals surface area (Å²) >= 11 is 3.15. The van der Waals surface area contributed by atoms with Gasteiger partial charge in [0.2, 0.25) is 0 Å². The zero-order valence-corrected chi connectivity index (χ0v) is 10.9. The predicted molar refractivity (Wildman–Crippen MR) is 67.6 cm³/mol. The molecule has 0 fully saturated rings. The molecule has 0 unspecified atom stereocenters. The van der Waals surface area contributed by atoms with Crippen LogP contribution >= 0.6 is 15.9 Å². The van der Waals surface area contributed by atoms with Crippen LogP contribution in [0.3, 0.4) is 0 Å². The van der Waals surface area contributed by atoms with Crippen LogP contribution in [0.15, 0.2) is 41.1 Å². The molecular weight excluding hydrogens is 285 g/mol. The van der Waals surface area contributed by atoms with Gasteiger partial charge in [-0.25, -0.2) is 4.39 Å². The van der Waals surface area contributed by atoms with Crippen LogP contribution in [-0.2, 0) is 6.54 Å².